The molecular formula is C64H44Si. The first-order valence-corrected chi connectivity index (χ1v) is 26.2. The number of hydrogen-bond donors (Lipinski definition) is 0. The average molecular weight is 841 g/mol. The Balaban J connectivity index is 1.22. The van der Waals surface area contributed by atoms with Gasteiger partial charge in [0.25, 0.3) is 0 Å². The Morgan fingerprint density at radius 1 is 0.308 bits per heavy atom. The second-order valence-electron chi connectivity index (χ2n) is 19.0. The molecule has 14 rings (SSSR count). The van der Waals surface area contributed by atoms with Gasteiger partial charge >= 0.3 is 0 Å². The fourth-order valence-corrected chi connectivity index (χ4v) is 15.7. The van der Waals surface area contributed by atoms with Gasteiger partial charge in [-0.05, 0) is 173 Å². The lowest BCUT2D eigenvalue weighted by Crippen LogP contribution is -2.41. The largest absolute Gasteiger partial charge is 0.109 e. The molecule has 304 valence electrons. The van der Waals surface area contributed by atoms with Crippen LogP contribution in [0, 0.1) is 0 Å². The Labute approximate surface area is 379 Å². The number of allylic oxidation sites excluding steroid dienone is 1. The Morgan fingerprint density at radius 2 is 0.815 bits per heavy atom. The molecule has 1 aliphatic heterocycles. The van der Waals surface area contributed by atoms with Crippen molar-refractivity contribution in [3.63, 3.8) is 0 Å². The highest BCUT2D eigenvalue weighted by Crippen LogP contribution is 2.52. The van der Waals surface area contributed by atoms with Gasteiger partial charge in [0.15, 0.2) is 0 Å². The molecule has 0 amide bonds. The Hall–Kier alpha value is -7.58. The lowest BCUT2D eigenvalue weighted by atomic mass is 9.80. The van der Waals surface area contributed by atoms with Crippen LogP contribution in [0.2, 0.25) is 13.1 Å². The van der Waals surface area contributed by atoms with Crippen molar-refractivity contribution in [2.45, 2.75) is 25.9 Å². The molecule has 0 unspecified atom stereocenters. The van der Waals surface area contributed by atoms with E-state index in [2.05, 4.69) is 219 Å². The topological polar surface area (TPSA) is 0 Å². The van der Waals surface area contributed by atoms with Crippen molar-refractivity contribution in [1.82, 2.24) is 0 Å². The van der Waals surface area contributed by atoms with Crippen molar-refractivity contribution < 1.29 is 0 Å². The number of benzene rings is 12. The van der Waals surface area contributed by atoms with Crippen LogP contribution in [0.1, 0.15) is 23.1 Å². The minimum absolute atomic E-state index is 1.11. The first-order valence-electron chi connectivity index (χ1n) is 23.2. The van der Waals surface area contributed by atoms with E-state index in [-0.39, 0.29) is 0 Å². The molecule has 12 aromatic carbocycles. The average Bonchev–Trinajstić information content (AvgIpc) is 3.59. The third kappa shape index (κ3) is 5.25. The summed E-state index contributed by atoms with van der Waals surface area (Å²) in [7, 11) is -2.09. The summed E-state index contributed by atoms with van der Waals surface area (Å²) in [6, 6.07) is 78.7. The van der Waals surface area contributed by atoms with Crippen LogP contribution in [0.15, 0.2) is 211 Å². The molecule has 12 aromatic rings. The summed E-state index contributed by atoms with van der Waals surface area (Å²) >= 11 is 0. The molecule has 0 aromatic heterocycles. The number of aryl methyl sites for hydroxylation is 1. The monoisotopic (exact) mass is 840 g/mol. The molecule has 0 spiro atoms. The Bertz CT molecular complexity index is 4080. The summed E-state index contributed by atoms with van der Waals surface area (Å²) in [5.74, 6) is 0. The van der Waals surface area contributed by atoms with Crippen LogP contribution in [0.4, 0.5) is 0 Å². The van der Waals surface area contributed by atoms with Gasteiger partial charge in [-0.3, -0.25) is 0 Å². The van der Waals surface area contributed by atoms with Crippen LogP contribution in [0.5, 0.6) is 0 Å². The first-order chi connectivity index (χ1) is 32.0. The normalized spacial score (nSPS) is 14.2. The van der Waals surface area contributed by atoms with Crippen molar-refractivity contribution >= 4 is 94.2 Å². The highest BCUT2D eigenvalue weighted by Gasteiger charge is 2.42. The van der Waals surface area contributed by atoms with Crippen LogP contribution < -0.4 is 5.19 Å². The summed E-state index contributed by atoms with van der Waals surface area (Å²) in [6.45, 7) is 5.24. The number of rotatable bonds is 3. The van der Waals surface area contributed by atoms with Gasteiger partial charge < -0.3 is 0 Å². The Morgan fingerprint density at radius 3 is 1.51 bits per heavy atom. The van der Waals surface area contributed by atoms with Crippen LogP contribution >= 0.6 is 0 Å². The summed E-state index contributed by atoms with van der Waals surface area (Å²) in [5.41, 5.74) is 13.6. The van der Waals surface area contributed by atoms with Gasteiger partial charge in [0.2, 0.25) is 0 Å². The van der Waals surface area contributed by atoms with E-state index >= 15 is 0 Å². The van der Waals surface area contributed by atoms with E-state index in [1.807, 2.05) is 0 Å². The van der Waals surface area contributed by atoms with E-state index in [0.29, 0.717) is 0 Å². The van der Waals surface area contributed by atoms with E-state index in [9.17, 15) is 0 Å². The summed E-state index contributed by atoms with van der Waals surface area (Å²) < 4.78 is 0. The van der Waals surface area contributed by atoms with E-state index < -0.39 is 8.07 Å². The van der Waals surface area contributed by atoms with Gasteiger partial charge in [0.1, 0.15) is 8.07 Å². The standard InChI is InChI=1S/C64H44Si/c1-65(2)60-33-31-40-17-4-10-24-48(40)64(60)59-37-57-58(38-61(59)65)63(55-35-42-19-6-9-23-47(42)50-26-12-14-28-52(50)55)56-36-43(45-29-15-20-39-16-3-7-21-44(39)45)30-32-53(56)62(57)54-34-41-18-5-8-22-46(41)49-25-11-13-27-51(49)54/h3-30,32,34-38H,31,33H2,1-2H3. The second-order valence-corrected chi connectivity index (χ2v) is 23.4. The van der Waals surface area contributed by atoms with Crippen molar-refractivity contribution in [2.24, 2.45) is 0 Å². The zero-order valence-electron chi connectivity index (χ0n) is 36.5. The minimum Gasteiger partial charge on any atom is -0.0674 e. The fraction of sp³-hybridized carbons (Fsp3) is 0.0625. The molecular weight excluding hydrogens is 797 g/mol. The van der Waals surface area contributed by atoms with E-state index in [0.717, 1.165) is 12.8 Å². The third-order valence-corrected chi connectivity index (χ3v) is 19.1. The van der Waals surface area contributed by atoms with Gasteiger partial charge in [0.05, 0.1) is 0 Å². The van der Waals surface area contributed by atoms with Gasteiger partial charge in [-0.2, -0.15) is 0 Å². The van der Waals surface area contributed by atoms with Gasteiger partial charge in [0, 0.05) is 0 Å². The quantitative estimate of drug-likeness (QED) is 0.0944. The smallest absolute Gasteiger partial charge is 0.0674 e. The van der Waals surface area contributed by atoms with Crippen molar-refractivity contribution in [2.75, 3.05) is 0 Å². The van der Waals surface area contributed by atoms with Crippen LogP contribution in [0.3, 0.4) is 0 Å². The summed E-state index contributed by atoms with van der Waals surface area (Å²) in [4.78, 5) is 0. The van der Waals surface area contributed by atoms with Crippen molar-refractivity contribution in [3.05, 3.63) is 228 Å². The predicted molar refractivity (Wildman–Crippen MR) is 283 cm³/mol. The van der Waals surface area contributed by atoms with Crippen LogP contribution in [0.25, 0.3) is 114 Å². The van der Waals surface area contributed by atoms with E-state index in [4.69, 9.17) is 0 Å². The second kappa shape index (κ2) is 13.7. The number of hydrogen-bond acceptors (Lipinski definition) is 0. The molecule has 0 radical (unpaired) electrons. The van der Waals surface area contributed by atoms with Gasteiger partial charge in [-0.1, -0.05) is 200 Å². The first kappa shape index (κ1) is 36.9. The zero-order valence-corrected chi connectivity index (χ0v) is 37.5. The molecule has 0 fully saturated rings. The van der Waals surface area contributed by atoms with Crippen molar-refractivity contribution in [3.8, 4) is 33.4 Å². The molecule has 0 bridgehead atoms. The molecule has 2 aliphatic rings. The van der Waals surface area contributed by atoms with Gasteiger partial charge in [-0.25, -0.2) is 0 Å². The highest BCUT2D eigenvalue weighted by molar-refractivity contribution is 6.98. The predicted octanol–water partition coefficient (Wildman–Crippen LogP) is 17.0. The molecule has 65 heavy (non-hydrogen) atoms. The molecule has 1 heterocycles. The van der Waals surface area contributed by atoms with Crippen molar-refractivity contribution in [1.29, 1.82) is 0 Å². The maximum Gasteiger partial charge on any atom is 0.109 e. The maximum atomic E-state index is 2.70. The lowest BCUT2D eigenvalue weighted by Gasteiger charge is -2.26. The fourth-order valence-electron chi connectivity index (χ4n) is 12.4. The van der Waals surface area contributed by atoms with Crippen LogP contribution in [-0.2, 0) is 6.42 Å². The lowest BCUT2D eigenvalue weighted by molar-refractivity contribution is 0.957. The summed E-state index contributed by atoms with van der Waals surface area (Å²) in [6.07, 6.45) is 2.25. The minimum atomic E-state index is -2.09. The molecule has 0 atom stereocenters. The maximum absolute atomic E-state index is 2.70. The third-order valence-electron chi connectivity index (χ3n) is 15.4. The van der Waals surface area contributed by atoms with E-state index in [1.165, 1.54) is 131 Å². The number of fused-ring (bicyclic) bond motifs is 13. The molecule has 0 saturated carbocycles. The molecule has 0 saturated heterocycles. The van der Waals surface area contributed by atoms with Crippen LogP contribution in [-0.4, -0.2) is 8.07 Å². The highest BCUT2D eigenvalue weighted by atomic mass is 28.3. The molecule has 0 nitrogen and oxygen atoms in total. The SMILES string of the molecule is C[Si]1(C)C2=C(c3ccccc3CC2)c2cc3c(-c4cc5ccccc5c5ccccc45)c4ccc(-c5cccc6ccccc56)cc4c(-c4cc5ccccc5c5ccccc45)c3cc21. The summed E-state index contributed by atoms with van der Waals surface area (Å²) in [5, 5.41) is 21.3. The Kier molecular flexibility index (Phi) is 7.77. The van der Waals surface area contributed by atoms with E-state index in [1.54, 1.807) is 10.4 Å². The molecule has 1 heteroatoms. The zero-order chi connectivity index (χ0) is 43.0. The molecule has 1 aliphatic carbocycles. The van der Waals surface area contributed by atoms with Gasteiger partial charge in [-0.15, -0.1) is 0 Å². The molecule has 0 N–H and O–H groups in total.